The molecule has 20 heavy (non-hydrogen) atoms. The van der Waals surface area contributed by atoms with E-state index in [0.717, 1.165) is 32.5 Å². The van der Waals surface area contributed by atoms with Crippen molar-refractivity contribution in [3.8, 4) is 0 Å². The minimum atomic E-state index is 0.00834. The van der Waals surface area contributed by atoms with E-state index in [1.165, 1.54) is 12.0 Å². The minimum absolute atomic E-state index is 0.00834. The SMILES string of the molecule is CCCN(Cc1ccccc1)C(=O)C1CC(C)CCN1. The van der Waals surface area contributed by atoms with E-state index in [1.807, 2.05) is 23.1 Å². The number of rotatable bonds is 5. The summed E-state index contributed by atoms with van der Waals surface area (Å²) >= 11 is 0. The quantitative estimate of drug-likeness (QED) is 0.895. The lowest BCUT2D eigenvalue weighted by Gasteiger charge is -2.32. The zero-order chi connectivity index (χ0) is 14.4. The van der Waals surface area contributed by atoms with Gasteiger partial charge in [-0.15, -0.1) is 0 Å². The minimum Gasteiger partial charge on any atom is -0.337 e. The maximum atomic E-state index is 12.7. The smallest absolute Gasteiger partial charge is 0.240 e. The van der Waals surface area contributed by atoms with E-state index >= 15 is 0 Å². The lowest BCUT2D eigenvalue weighted by atomic mass is 9.93. The lowest BCUT2D eigenvalue weighted by Crippen LogP contribution is -2.50. The lowest BCUT2D eigenvalue weighted by molar-refractivity contribution is -0.135. The number of benzene rings is 1. The standard InChI is InChI=1S/C17H26N2O/c1-3-11-19(13-15-7-5-4-6-8-15)17(20)16-12-14(2)9-10-18-16/h4-8,14,16,18H,3,9-13H2,1-2H3. The van der Waals surface area contributed by atoms with Gasteiger partial charge in [-0.2, -0.15) is 0 Å². The van der Waals surface area contributed by atoms with Crippen molar-refractivity contribution >= 4 is 5.91 Å². The Morgan fingerprint density at radius 1 is 1.35 bits per heavy atom. The number of amides is 1. The fraction of sp³-hybridized carbons (Fsp3) is 0.588. The first-order chi connectivity index (χ1) is 9.70. The van der Waals surface area contributed by atoms with Gasteiger partial charge < -0.3 is 10.2 Å². The highest BCUT2D eigenvalue weighted by atomic mass is 16.2. The van der Waals surface area contributed by atoms with Crippen LogP contribution < -0.4 is 5.32 Å². The molecule has 2 atom stereocenters. The van der Waals surface area contributed by atoms with Crippen molar-refractivity contribution < 1.29 is 4.79 Å². The predicted molar refractivity (Wildman–Crippen MR) is 82.3 cm³/mol. The first kappa shape index (κ1) is 15.0. The van der Waals surface area contributed by atoms with Crippen LogP contribution >= 0.6 is 0 Å². The zero-order valence-electron chi connectivity index (χ0n) is 12.6. The van der Waals surface area contributed by atoms with Gasteiger partial charge in [-0.25, -0.2) is 0 Å². The van der Waals surface area contributed by atoms with Crippen LogP contribution in [0.4, 0.5) is 0 Å². The molecule has 3 nitrogen and oxygen atoms in total. The summed E-state index contributed by atoms with van der Waals surface area (Å²) in [5.41, 5.74) is 1.21. The highest BCUT2D eigenvalue weighted by Crippen LogP contribution is 2.18. The molecule has 1 aliphatic heterocycles. The van der Waals surface area contributed by atoms with Crippen molar-refractivity contribution in [2.75, 3.05) is 13.1 Å². The third kappa shape index (κ3) is 4.07. The molecule has 1 aromatic carbocycles. The molecule has 2 rings (SSSR count). The zero-order valence-corrected chi connectivity index (χ0v) is 12.6. The first-order valence-electron chi connectivity index (χ1n) is 7.76. The van der Waals surface area contributed by atoms with Crippen LogP contribution in [0, 0.1) is 5.92 Å². The van der Waals surface area contributed by atoms with Crippen molar-refractivity contribution in [3.05, 3.63) is 35.9 Å². The largest absolute Gasteiger partial charge is 0.337 e. The molecule has 0 saturated carbocycles. The molecule has 1 N–H and O–H groups in total. The van der Waals surface area contributed by atoms with Gasteiger partial charge in [0.05, 0.1) is 6.04 Å². The summed E-state index contributed by atoms with van der Waals surface area (Å²) in [7, 11) is 0. The van der Waals surface area contributed by atoms with Crippen molar-refractivity contribution in [1.82, 2.24) is 10.2 Å². The molecule has 0 bridgehead atoms. The summed E-state index contributed by atoms with van der Waals surface area (Å²) in [6.45, 7) is 6.88. The number of nitrogens with one attached hydrogen (secondary N) is 1. The molecule has 0 spiro atoms. The van der Waals surface area contributed by atoms with E-state index in [4.69, 9.17) is 0 Å². The van der Waals surface area contributed by atoms with Gasteiger partial charge in [0.2, 0.25) is 5.91 Å². The Labute approximate surface area is 122 Å². The average molecular weight is 274 g/mol. The van der Waals surface area contributed by atoms with Crippen molar-refractivity contribution in [1.29, 1.82) is 0 Å². The Kier molecular flexibility index (Phi) is 5.60. The second-order valence-electron chi connectivity index (χ2n) is 5.88. The van der Waals surface area contributed by atoms with Crippen LogP contribution in [0.5, 0.6) is 0 Å². The van der Waals surface area contributed by atoms with Gasteiger partial charge >= 0.3 is 0 Å². The van der Waals surface area contributed by atoms with Gasteiger partial charge in [0, 0.05) is 13.1 Å². The monoisotopic (exact) mass is 274 g/mol. The molecule has 3 heteroatoms. The fourth-order valence-electron chi connectivity index (χ4n) is 2.86. The van der Waals surface area contributed by atoms with Crippen LogP contribution in [-0.4, -0.2) is 29.9 Å². The van der Waals surface area contributed by atoms with E-state index in [2.05, 4.69) is 31.3 Å². The molecule has 2 unspecified atom stereocenters. The van der Waals surface area contributed by atoms with Crippen molar-refractivity contribution in [2.45, 2.75) is 45.7 Å². The highest BCUT2D eigenvalue weighted by molar-refractivity contribution is 5.82. The van der Waals surface area contributed by atoms with Gasteiger partial charge in [0.15, 0.2) is 0 Å². The Bertz CT molecular complexity index is 418. The Morgan fingerprint density at radius 2 is 2.10 bits per heavy atom. The molecular weight excluding hydrogens is 248 g/mol. The number of nitrogens with zero attached hydrogens (tertiary/aromatic N) is 1. The number of hydrogen-bond donors (Lipinski definition) is 1. The molecule has 1 aliphatic rings. The maximum Gasteiger partial charge on any atom is 0.240 e. The van der Waals surface area contributed by atoms with Gasteiger partial charge in [0.1, 0.15) is 0 Å². The van der Waals surface area contributed by atoms with Crippen molar-refractivity contribution in [3.63, 3.8) is 0 Å². The number of carbonyl (C=O) groups excluding carboxylic acids is 1. The summed E-state index contributed by atoms with van der Waals surface area (Å²) in [5.74, 6) is 0.910. The van der Waals surface area contributed by atoms with E-state index in [0.29, 0.717) is 5.92 Å². The normalized spacial score (nSPS) is 22.5. The predicted octanol–water partition coefficient (Wildman–Crippen LogP) is 2.81. The van der Waals surface area contributed by atoms with Gasteiger partial charge in [-0.05, 0) is 37.3 Å². The second-order valence-corrected chi connectivity index (χ2v) is 5.88. The fourth-order valence-corrected chi connectivity index (χ4v) is 2.86. The van der Waals surface area contributed by atoms with Crippen LogP contribution in [0.15, 0.2) is 30.3 Å². The molecule has 0 aliphatic carbocycles. The van der Waals surface area contributed by atoms with Crippen LogP contribution in [0.25, 0.3) is 0 Å². The summed E-state index contributed by atoms with van der Waals surface area (Å²) in [6, 6.07) is 10.3. The van der Waals surface area contributed by atoms with Crippen LogP contribution in [0.1, 0.15) is 38.7 Å². The number of carbonyl (C=O) groups is 1. The topological polar surface area (TPSA) is 32.3 Å². The maximum absolute atomic E-state index is 12.7. The molecule has 1 aromatic rings. The molecule has 0 radical (unpaired) electrons. The third-order valence-electron chi connectivity index (χ3n) is 3.99. The van der Waals surface area contributed by atoms with Crippen LogP contribution in [0.2, 0.25) is 0 Å². The molecule has 110 valence electrons. The highest BCUT2D eigenvalue weighted by Gasteiger charge is 2.28. The summed E-state index contributed by atoms with van der Waals surface area (Å²) in [4.78, 5) is 14.7. The van der Waals surface area contributed by atoms with E-state index in [-0.39, 0.29) is 11.9 Å². The van der Waals surface area contributed by atoms with E-state index < -0.39 is 0 Å². The van der Waals surface area contributed by atoms with Gasteiger partial charge in [-0.1, -0.05) is 44.2 Å². The molecule has 1 amide bonds. The number of piperidine rings is 1. The Hall–Kier alpha value is -1.35. The summed E-state index contributed by atoms with van der Waals surface area (Å²) in [6.07, 6.45) is 3.14. The number of hydrogen-bond acceptors (Lipinski definition) is 2. The Balaban J connectivity index is 2.01. The van der Waals surface area contributed by atoms with Gasteiger partial charge in [0.25, 0.3) is 0 Å². The average Bonchev–Trinajstić information content (AvgIpc) is 2.47. The van der Waals surface area contributed by atoms with Crippen molar-refractivity contribution in [2.24, 2.45) is 5.92 Å². The second kappa shape index (κ2) is 7.44. The Morgan fingerprint density at radius 3 is 2.75 bits per heavy atom. The molecular formula is C17H26N2O. The molecule has 1 heterocycles. The molecule has 1 saturated heterocycles. The van der Waals surface area contributed by atoms with Gasteiger partial charge in [-0.3, -0.25) is 4.79 Å². The van der Waals surface area contributed by atoms with Crippen LogP contribution in [0.3, 0.4) is 0 Å². The van der Waals surface area contributed by atoms with Crippen LogP contribution in [-0.2, 0) is 11.3 Å². The van der Waals surface area contributed by atoms with E-state index in [1.54, 1.807) is 0 Å². The third-order valence-corrected chi connectivity index (χ3v) is 3.99. The summed E-state index contributed by atoms with van der Waals surface area (Å²) < 4.78 is 0. The first-order valence-corrected chi connectivity index (χ1v) is 7.76. The molecule has 0 aromatic heterocycles. The molecule has 1 fully saturated rings. The van der Waals surface area contributed by atoms with E-state index in [9.17, 15) is 4.79 Å². The summed E-state index contributed by atoms with van der Waals surface area (Å²) in [5, 5.41) is 3.38.